The number of hydrogen-bond acceptors (Lipinski definition) is 3. The molecule has 32 heavy (non-hydrogen) atoms. The van der Waals surface area contributed by atoms with Crippen molar-refractivity contribution >= 4 is 24.7 Å². The first-order valence-electron chi connectivity index (χ1n) is 12.0. The summed E-state index contributed by atoms with van der Waals surface area (Å²) in [4.78, 5) is 11.2. The molecule has 0 unspecified atom stereocenters. The molecule has 0 amide bonds. The summed E-state index contributed by atoms with van der Waals surface area (Å²) in [5, 5.41) is 2.66. The van der Waals surface area contributed by atoms with Crippen molar-refractivity contribution in [1.29, 1.82) is 0 Å². The molecule has 0 bridgehead atoms. The smallest absolute Gasteiger partial charge is 0.302 e. The molecule has 0 aliphatic rings. The lowest BCUT2D eigenvalue weighted by Gasteiger charge is -2.43. The summed E-state index contributed by atoms with van der Waals surface area (Å²) in [6.45, 7) is 15.6. The Morgan fingerprint density at radius 3 is 1.81 bits per heavy atom. The number of ether oxygens (including phenoxy) is 1. The van der Waals surface area contributed by atoms with Crippen LogP contribution < -0.4 is 10.4 Å². The number of esters is 1. The maximum Gasteiger partial charge on any atom is 0.302 e. The van der Waals surface area contributed by atoms with Gasteiger partial charge in [-0.05, 0) is 47.0 Å². The first-order chi connectivity index (χ1) is 15.1. The monoisotopic (exact) mass is 454 g/mol. The van der Waals surface area contributed by atoms with E-state index < -0.39 is 8.32 Å². The Morgan fingerprint density at radius 1 is 0.875 bits per heavy atom. The number of hydrogen-bond donors (Lipinski definition) is 0. The average molecular weight is 455 g/mol. The van der Waals surface area contributed by atoms with Crippen LogP contribution in [0.3, 0.4) is 0 Å². The minimum atomic E-state index is -2.47. The zero-order valence-electron chi connectivity index (χ0n) is 21.1. The van der Waals surface area contributed by atoms with Crippen molar-refractivity contribution < 1.29 is 14.0 Å². The second kappa shape index (κ2) is 11.8. The van der Waals surface area contributed by atoms with Gasteiger partial charge in [0.1, 0.15) is 6.10 Å². The molecule has 4 heteroatoms. The molecule has 0 saturated carbocycles. The zero-order valence-corrected chi connectivity index (χ0v) is 22.1. The van der Waals surface area contributed by atoms with Gasteiger partial charge in [-0.25, -0.2) is 0 Å². The lowest BCUT2D eigenvalue weighted by molar-refractivity contribution is -0.147. The first-order valence-corrected chi connectivity index (χ1v) is 13.9. The molecular formula is C28H42O3Si. The maximum atomic E-state index is 11.2. The van der Waals surface area contributed by atoms with E-state index in [0.29, 0.717) is 11.8 Å². The van der Waals surface area contributed by atoms with Gasteiger partial charge in [-0.15, -0.1) is 0 Å². The van der Waals surface area contributed by atoms with E-state index in [1.54, 1.807) is 0 Å². The van der Waals surface area contributed by atoms with Crippen LogP contribution in [0.4, 0.5) is 0 Å². The van der Waals surface area contributed by atoms with Gasteiger partial charge in [0, 0.05) is 13.5 Å². The van der Waals surface area contributed by atoms with Crippen LogP contribution in [-0.2, 0) is 14.0 Å². The first kappa shape index (κ1) is 26.3. The summed E-state index contributed by atoms with van der Waals surface area (Å²) in [6.07, 6.45) is 3.24. The number of rotatable bonds is 11. The number of carbonyl (C=O) groups excluding carboxylic acids is 1. The van der Waals surface area contributed by atoms with Crippen molar-refractivity contribution in [3.8, 4) is 0 Å². The quantitative estimate of drug-likeness (QED) is 0.310. The second-order valence-corrected chi connectivity index (χ2v) is 14.6. The fourth-order valence-electron chi connectivity index (χ4n) is 4.51. The molecule has 3 nitrogen and oxygen atoms in total. The summed E-state index contributed by atoms with van der Waals surface area (Å²) < 4.78 is 12.4. The van der Waals surface area contributed by atoms with Gasteiger partial charge in [-0.3, -0.25) is 4.79 Å². The lowest BCUT2D eigenvalue weighted by Crippen LogP contribution is -2.66. The van der Waals surface area contributed by atoms with Gasteiger partial charge in [0.2, 0.25) is 0 Å². The fourth-order valence-corrected chi connectivity index (χ4v) is 9.20. The van der Waals surface area contributed by atoms with Crippen LogP contribution in [0.2, 0.25) is 5.04 Å². The van der Waals surface area contributed by atoms with Crippen LogP contribution in [0.1, 0.15) is 67.7 Å². The van der Waals surface area contributed by atoms with Gasteiger partial charge in [0.25, 0.3) is 8.32 Å². The predicted molar refractivity (Wildman–Crippen MR) is 137 cm³/mol. The molecule has 0 aliphatic heterocycles. The van der Waals surface area contributed by atoms with E-state index in [-0.39, 0.29) is 17.1 Å². The van der Waals surface area contributed by atoms with Crippen LogP contribution >= 0.6 is 0 Å². The Balaban J connectivity index is 2.12. The van der Waals surface area contributed by atoms with E-state index in [4.69, 9.17) is 9.16 Å². The molecule has 176 valence electrons. The Morgan fingerprint density at radius 2 is 1.38 bits per heavy atom. The van der Waals surface area contributed by atoms with Crippen LogP contribution in [0, 0.1) is 11.8 Å². The summed E-state index contributed by atoms with van der Waals surface area (Å²) in [7, 11) is -2.47. The van der Waals surface area contributed by atoms with Crippen LogP contribution in [0.5, 0.6) is 0 Å². The predicted octanol–water partition coefficient (Wildman–Crippen LogP) is 5.96. The molecule has 0 saturated heterocycles. The summed E-state index contributed by atoms with van der Waals surface area (Å²) in [6, 6.07) is 21.7. The Bertz CT molecular complexity index is 774. The summed E-state index contributed by atoms with van der Waals surface area (Å²) >= 11 is 0. The van der Waals surface area contributed by atoms with Gasteiger partial charge in [0.05, 0.1) is 0 Å². The Hall–Kier alpha value is -1.91. The number of benzene rings is 2. The average Bonchev–Trinajstić information content (AvgIpc) is 2.74. The maximum absolute atomic E-state index is 11.2. The molecule has 0 radical (unpaired) electrons. The normalized spacial score (nSPS) is 15.1. The van der Waals surface area contributed by atoms with Crippen molar-refractivity contribution in [1.82, 2.24) is 0 Å². The molecule has 2 rings (SSSR count). The van der Waals surface area contributed by atoms with E-state index in [1.165, 1.54) is 17.3 Å². The number of carbonyl (C=O) groups is 1. The molecule has 0 spiro atoms. The fraction of sp³-hybridized carbons (Fsp3) is 0.536. The largest absolute Gasteiger partial charge is 0.463 e. The third-order valence-corrected chi connectivity index (χ3v) is 11.5. The van der Waals surface area contributed by atoms with Gasteiger partial charge < -0.3 is 9.16 Å². The molecule has 0 N–H and O–H groups in total. The van der Waals surface area contributed by atoms with Gasteiger partial charge in [-0.2, -0.15) is 0 Å². The SMILES string of the molecule is CC(=O)O[C@H](C)[C@@H](C)CCC[C@@H](C)CO[Si](c1ccccc1)(c1ccccc1)C(C)(C)C. The molecule has 3 atom stereocenters. The Labute approximate surface area is 196 Å². The van der Waals surface area contributed by atoms with Crippen molar-refractivity contribution in [2.24, 2.45) is 11.8 Å². The summed E-state index contributed by atoms with van der Waals surface area (Å²) in [5.41, 5.74) is 0. The molecule has 2 aromatic carbocycles. The van der Waals surface area contributed by atoms with Gasteiger partial charge in [0.15, 0.2) is 0 Å². The van der Waals surface area contributed by atoms with Crippen LogP contribution in [-0.4, -0.2) is 27.0 Å². The van der Waals surface area contributed by atoms with Crippen molar-refractivity contribution in [3.63, 3.8) is 0 Å². The van der Waals surface area contributed by atoms with Crippen molar-refractivity contribution in [2.45, 2.75) is 78.9 Å². The van der Waals surface area contributed by atoms with E-state index in [9.17, 15) is 4.79 Å². The van der Waals surface area contributed by atoms with Crippen molar-refractivity contribution in [2.75, 3.05) is 6.61 Å². The highest BCUT2D eigenvalue weighted by atomic mass is 28.4. The minimum Gasteiger partial charge on any atom is -0.463 e. The zero-order chi connectivity index (χ0) is 23.8. The molecule has 2 aromatic rings. The van der Waals surface area contributed by atoms with Crippen LogP contribution in [0.15, 0.2) is 60.7 Å². The van der Waals surface area contributed by atoms with Crippen molar-refractivity contribution in [3.05, 3.63) is 60.7 Å². The van der Waals surface area contributed by atoms with E-state index in [2.05, 4.69) is 95.3 Å². The molecule has 0 aliphatic carbocycles. The Kier molecular flexibility index (Phi) is 9.72. The molecule has 0 aromatic heterocycles. The highest BCUT2D eigenvalue weighted by molar-refractivity contribution is 6.99. The second-order valence-electron chi connectivity index (χ2n) is 10.3. The highest BCUT2D eigenvalue weighted by Crippen LogP contribution is 2.37. The van der Waals surface area contributed by atoms with Gasteiger partial charge >= 0.3 is 5.97 Å². The third-order valence-electron chi connectivity index (χ3n) is 6.51. The minimum absolute atomic E-state index is 0.00337. The van der Waals surface area contributed by atoms with Gasteiger partial charge in [-0.1, -0.05) is 102 Å². The lowest BCUT2D eigenvalue weighted by atomic mass is 9.96. The topological polar surface area (TPSA) is 35.5 Å². The highest BCUT2D eigenvalue weighted by Gasteiger charge is 2.50. The summed E-state index contributed by atoms with van der Waals surface area (Å²) in [5.74, 6) is 0.632. The van der Waals surface area contributed by atoms with E-state index >= 15 is 0 Å². The molecule has 0 heterocycles. The van der Waals surface area contributed by atoms with E-state index in [1.807, 2.05) is 6.92 Å². The van der Waals surface area contributed by atoms with E-state index in [0.717, 1.165) is 25.9 Å². The van der Waals surface area contributed by atoms with Crippen LogP contribution in [0.25, 0.3) is 0 Å². The molecular weight excluding hydrogens is 412 g/mol. The third kappa shape index (κ3) is 6.79. The standard InChI is InChI=1S/C28H42O3Si/c1-22(15-14-16-23(2)24(3)31-25(4)29)21-30-32(28(5,6)7,26-17-10-8-11-18-26)27-19-12-9-13-20-27/h8-13,17-20,22-24H,14-16,21H2,1-7H3/t22-,23+,24-/m1/s1. The molecule has 0 fully saturated rings.